The topological polar surface area (TPSA) is 79.0 Å². The van der Waals surface area contributed by atoms with Gasteiger partial charge in [-0.25, -0.2) is 8.78 Å². The van der Waals surface area contributed by atoms with Crippen LogP contribution in [0.4, 0.5) is 8.78 Å². The molecule has 0 spiro atoms. The first kappa shape index (κ1) is 24.5. The van der Waals surface area contributed by atoms with E-state index in [1.807, 2.05) is 18.2 Å². The molecule has 9 heteroatoms. The second kappa shape index (κ2) is 8.73. The summed E-state index contributed by atoms with van der Waals surface area (Å²) in [5.74, 6) is -1.72. The average molecular weight is 528 g/mol. The number of hydrogen-bond donors (Lipinski definition) is 1. The molecule has 0 radical (unpaired) electrons. The molecular formula is C29H35F2N3O4. The molecule has 3 amide bonds. The number of rotatable bonds is 5. The standard InChI is InChI=1S/C29H35F2N3O4/c30-29(31)9-7-17(8-10-29)20-14-33(15-20)23-3-1-2-4-24(23)38-21-5-6-22-18(11-21)16-34(26(22)36)28-12-19(13-28)25(35)32-27(28)37/h5-6,11,17,19-20,23-24H,1-4,7-10,12-16H2,(H,32,35,37)/t19?,23-,24+,28?/m0/s1. The van der Waals surface area contributed by atoms with Gasteiger partial charge in [-0.15, -0.1) is 0 Å². The normalized spacial score (nSPS) is 35.4. The highest BCUT2D eigenvalue weighted by molar-refractivity contribution is 6.10. The Kier molecular flexibility index (Phi) is 5.63. The van der Waals surface area contributed by atoms with Gasteiger partial charge in [0.2, 0.25) is 11.8 Å². The number of carbonyl (C=O) groups is 3. The highest BCUT2D eigenvalue weighted by Gasteiger charge is 2.63. The van der Waals surface area contributed by atoms with Crippen LogP contribution in [-0.2, 0) is 16.1 Å². The van der Waals surface area contributed by atoms with E-state index in [2.05, 4.69) is 10.2 Å². The van der Waals surface area contributed by atoms with Crippen LogP contribution in [-0.4, -0.2) is 64.2 Å². The predicted molar refractivity (Wildman–Crippen MR) is 134 cm³/mol. The van der Waals surface area contributed by atoms with E-state index in [9.17, 15) is 23.2 Å². The van der Waals surface area contributed by atoms with Crippen molar-refractivity contribution in [2.45, 2.75) is 94.4 Å². The number of imide groups is 1. The number of benzene rings is 1. The Morgan fingerprint density at radius 1 is 0.947 bits per heavy atom. The maximum atomic E-state index is 13.6. The van der Waals surface area contributed by atoms with E-state index in [-0.39, 0.29) is 42.6 Å². The van der Waals surface area contributed by atoms with Crippen LogP contribution >= 0.6 is 0 Å². The Morgan fingerprint density at radius 3 is 2.42 bits per heavy atom. The van der Waals surface area contributed by atoms with Gasteiger partial charge in [-0.05, 0) is 80.5 Å². The average Bonchev–Trinajstić information content (AvgIpc) is 3.15. The van der Waals surface area contributed by atoms with Crippen molar-refractivity contribution in [2.24, 2.45) is 17.8 Å². The number of piperidine rings is 2. The van der Waals surface area contributed by atoms with Gasteiger partial charge in [-0.2, -0.15) is 0 Å². The third kappa shape index (κ3) is 3.87. The minimum Gasteiger partial charge on any atom is -0.489 e. The zero-order valence-electron chi connectivity index (χ0n) is 21.6. The van der Waals surface area contributed by atoms with Gasteiger partial charge < -0.3 is 9.64 Å². The SMILES string of the molecule is O=C1NC(=O)C2(N3Cc4cc(O[C@@H]5CCCC[C@@H]5N5CC(C6CCC(F)(F)CC6)C5)ccc4C3=O)CC1C2. The number of hydrogen-bond acceptors (Lipinski definition) is 5. The third-order valence-electron chi connectivity index (χ3n) is 10.4. The lowest BCUT2D eigenvalue weighted by molar-refractivity contribution is -0.160. The lowest BCUT2D eigenvalue weighted by atomic mass is 9.63. The quantitative estimate of drug-likeness (QED) is 0.588. The molecule has 7 nitrogen and oxygen atoms in total. The second-order valence-electron chi connectivity index (χ2n) is 12.6. The lowest BCUT2D eigenvalue weighted by Gasteiger charge is -2.53. The van der Waals surface area contributed by atoms with Crippen LogP contribution in [0.1, 0.15) is 80.1 Å². The van der Waals surface area contributed by atoms with E-state index in [0.29, 0.717) is 55.7 Å². The summed E-state index contributed by atoms with van der Waals surface area (Å²) < 4.78 is 33.7. The molecule has 2 bridgehead atoms. The summed E-state index contributed by atoms with van der Waals surface area (Å²) in [6.07, 6.45) is 6.56. The summed E-state index contributed by atoms with van der Waals surface area (Å²) in [5.41, 5.74) is 0.552. The van der Waals surface area contributed by atoms with E-state index in [4.69, 9.17) is 4.74 Å². The van der Waals surface area contributed by atoms with E-state index in [1.165, 1.54) is 6.42 Å². The maximum absolute atomic E-state index is 13.6. The highest BCUT2D eigenvalue weighted by atomic mass is 19.3. The fourth-order valence-electron chi connectivity index (χ4n) is 7.97. The number of alkyl halides is 2. The largest absolute Gasteiger partial charge is 0.489 e. The van der Waals surface area contributed by atoms with Crippen molar-refractivity contribution in [2.75, 3.05) is 13.1 Å². The smallest absolute Gasteiger partial charge is 0.255 e. The summed E-state index contributed by atoms with van der Waals surface area (Å²) >= 11 is 0. The molecule has 1 aromatic carbocycles. The number of fused-ring (bicyclic) bond motifs is 3. The predicted octanol–water partition coefficient (Wildman–Crippen LogP) is 3.89. The minimum atomic E-state index is -2.47. The molecule has 6 fully saturated rings. The number of nitrogens with zero attached hydrogens (tertiary/aromatic N) is 2. The summed E-state index contributed by atoms with van der Waals surface area (Å²) in [7, 11) is 0. The number of halogens is 2. The third-order valence-corrected chi connectivity index (χ3v) is 10.4. The molecule has 1 N–H and O–H groups in total. The van der Waals surface area contributed by atoms with Gasteiger partial charge >= 0.3 is 0 Å². The van der Waals surface area contributed by atoms with E-state index < -0.39 is 11.5 Å². The van der Waals surface area contributed by atoms with Crippen molar-refractivity contribution >= 4 is 17.7 Å². The monoisotopic (exact) mass is 527 g/mol. The van der Waals surface area contributed by atoms with Crippen LogP contribution in [0.2, 0.25) is 0 Å². The molecule has 4 heterocycles. The van der Waals surface area contributed by atoms with Gasteiger partial charge in [-0.1, -0.05) is 6.42 Å². The number of ether oxygens (including phenoxy) is 1. The molecular weight excluding hydrogens is 492 g/mol. The molecule has 1 aromatic rings. The van der Waals surface area contributed by atoms with Crippen molar-refractivity contribution in [3.8, 4) is 5.75 Å². The van der Waals surface area contributed by atoms with Crippen LogP contribution in [0.5, 0.6) is 5.75 Å². The molecule has 0 aromatic heterocycles. The van der Waals surface area contributed by atoms with Crippen LogP contribution in [0, 0.1) is 17.8 Å². The summed E-state index contributed by atoms with van der Waals surface area (Å²) in [6.45, 7) is 2.30. The van der Waals surface area contributed by atoms with Crippen molar-refractivity contribution in [3.63, 3.8) is 0 Å². The molecule has 7 aliphatic rings. The van der Waals surface area contributed by atoms with Crippen molar-refractivity contribution in [1.29, 1.82) is 0 Å². The highest BCUT2D eigenvalue weighted by Crippen LogP contribution is 2.49. The first-order valence-electron chi connectivity index (χ1n) is 14.3. The van der Waals surface area contributed by atoms with E-state index >= 15 is 0 Å². The number of likely N-dealkylation sites (tertiary alicyclic amines) is 1. The van der Waals surface area contributed by atoms with Gasteiger partial charge in [0.1, 0.15) is 17.4 Å². The Hall–Kier alpha value is -2.55. The Balaban J connectivity index is 1.000. The van der Waals surface area contributed by atoms with Crippen LogP contribution in [0.15, 0.2) is 18.2 Å². The maximum Gasteiger partial charge on any atom is 0.255 e. The van der Waals surface area contributed by atoms with Crippen LogP contribution in [0.3, 0.4) is 0 Å². The zero-order valence-corrected chi connectivity index (χ0v) is 21.6. The number of nitrogens with one attached hydrogen (secondary N) is 1. The molecule has 38 heavy (non-hydrogen) atoms. The molecule has 4 aliphatic heterocycles. The van der Waals surface area contributed by atoms with Crippen molar-refractivity contribution in [1.82, 2.24) is 15.1 Å². The lowest BCUT2D eigenvalue weighted by Crippen LogP contribution is -2.73. The molecule has 204 valence electrons. The van der Waals surface area contributed by atoms with Crippen molar-refractivity contribution in [3.05, 3.63) is 29.3 Å². The number of carbonyl (C=O) groups excluding carboxylic acids is 3. The van der Waals surface area contributed by atoms with E-state index in [1.54, 1.807) is 4.90 Å². The fourth-order valence-corrected chi connectivity index (χ4v) is 7.97. The molecule has 2 atom stereocenters. The second-order valence-corrected chi connectivity index (χ2v) is 12.6. The summed E-state index contributed by atoms with van der Waals surface area (Å²) in [5, 5.41) is 2.43. The fraction of sp³-hybridized carbons (Fsp3) is 0.690. The van der Waals surface area contributed by atoms with Gasteiger partial charge in [-0.3, -0.25) is 24.6 Å². The van der Waals surface area contributed by atoms with Gasteiger partial charge in [0.25, 0.3) is 11.8 Å². The van der Waals surface area contributed by atoms with Crippen LogP contribution < -0.4 is 10.1 Å². The Labute approximate surface area is 221 Å². The Bertz CT molecular complexity index is 1170. The molecule has 3 saturated heterocycles. The van der Waals surface area contributed by atoms with Gasteiger partial charge in [0.15, 0.2) is 0 Å². The summed E-state index contributed by atoms with van der Waals surface area (Å²) in [4.78, 5) is 41.9. The number of amides is 3. The molecule has 3 saturated carbocycles. The first-order chi connectivity index (χ1) is 18.2. The first-order valence-corrected chi connectivity index (χ1v) is 14.3. The van der Waals surface area contributed by atoms with E-state index in [0.717, 1.165) is 43.7 Å². The minimum absolute atomic E-state index is 0.0338. The molecule has 8 rings (SSSR count). The summed E-state index contributed by atoms with van der Waals surface area (Å²) in [6, 6.07) is 5.94. The molecule has 0 unspecified atom stereocenters. The van der Waals surface area contributed by atoms with Crippen LogP contribution in [0.25, 0.3) is 0 Å². The zero-order chi connectivity index (χ0) is 26.2. The van der Waals surface area contributed by atoms with Crippen molar-refractivity contribution < 1.29 is 27.9 Å². The van der Waals surface area contributed by atoms with Gasteiger partial charge in [0.05, 0.1) is 0 Å². The van der Waals surface area contributed by atoms with Gasteiger partial charge in [0, 0.05) is 50.0 Å². The Morgan fingerprint density at radius 2 is 1.68 bits per heavy atom. The molecule has 3 aliphatic carbocycles.